The van der Waals surface area contributed by atoms with E-state index in [4.69, 9.17) is 5.11 Å². The molecule has 4 nitrogen and oxygen atoms in total. The maximum atomic E-state index is 13.0. The number of amides is 1. The van der Waals surface area contributed by atoms with Gasteiger partial charge >= 0.3 is 0 Å². The van der Waals surface area contributed by atoms with Crippen LogP contribution in [0, 0.1) is 11.3 Å². The Morgan fingerprint density at radius 1 is 1.27 bits per heavy atom. The van der Waals surface area contributed by atoms with Crippen LogP contribution in [-0.2, 0) is 6.54 Å². The number of carbonyl (C=O) groups excluding carboxylic acids is 1. The molecule has 0 unspecified atom stereocenters. The Morgan fingerprint density at radius 3 is 2.69 bits per heavy atom. The van der Waals surface area contributed by atoms with Gasteiger partial charge in [0, 0.05) is 36.8 Å². The van der Waals surface area contributed by atoms with Crippen molar-refractivity contribution in [3.8, 4) is 0 Å². The first-order chi connectivity index (χ1) is 12.6. The fraction of sp³-hybridized carbons (Fsp3) is 0.571. The Morgan fingerprint density at radius 2 is 2.00 bits per heavy atom. The van der Waals surface area contributed by atoms with Gasteiger partial charge in [-0.25, -0.2) is 0 Å². The van der Waals surface area contributed by atoms with E-state index in [-0.39, 0.29) is 12.5 Å². The Kier molecular flexibility index (Phi) is 4.83. The van der Waals surface area contributed by atoms with Crippen LogP contribution in [0.4, 0.5) is 0 Å². The number of fused-ring (bicyclic) bond motifs is 4. The van der Waals surface area contributed by atoms with Crippen molar-refractivity contribution in [1.29, 1.82) is 0 Å². The van der Waals surface area contributed by atoms with Crippen molar-refractivity contribution in [3.05, 3.63) is 30.0 Å². The summed E-state index contributed by atoms with van der Waals surface area (Å²) in [5, 5.41) is 13.5. The number of nitrogens with one attached hydrogen (secondary N) is 1. The summed E-state index contributed by atoms with van der Waals surface area (Å²) in [5.41, 5.74) is 3.33. The lowest BCUT2D eigenvalue weighted by Crippen LogP contribution is -2.43. The molecule has 3 aliphatic rings. The Balaban J connectivity index is 1.56. The fourth-order valence-electron chi connectivity index (χ4n) is 5.10. The van der Waals surface area contributed by atoms with E-state index < -0.39 is 0 Å². The van der Waals surface area contributed by atoms with Gasteiger partial charge in [0.15, 0.2) is 0 Å². The summed E-state index contributed by atoms with van der Waals surface area (Å²) >= 11 is 0. The highest BCUT2D eigenvalue weighted by molar-refractivity contribution is 6.40. The summed E-state index contributed by atoms with van der Waals surface area (Å²) in [6, 6.07) is 6.17. The molecule has 3 saturated carbocycles. The van der Waals surface area contributed by atoms with Crippen LogP contribution >= 0.6 is 0 Å². The molecule has 5 rings (SSSR count). The molecule has 1 heterocycles. The van der Waals surface area contributed by atoms with Crippen molar-refractivity contribution in [2.24, 2.45) is 11.3 Å². The molecule has 2 aromatic rings. The van der Waals surface area contributed by atoms with E-state index in [2.05, 4.69) is 29.9 Å². The lowest BCUT2D eigenvalue weighted by Gasteiger charge is -2.46. The van der Waals surface area contributed by atoms with Crippen molar-refractivity contribution < 1.29 is 9.90 Å². The van der Waals surface area contributed by atoms with E-state index in [1.807, 2.05) is 12.3 Å². The zero-order chi connectivity index (χ0) is 18.1. The van der Waals surface area contributed by atoms with Crippen molar-refractivity contribution in [2.45, 2.75) is 51.5 Å². The van der Waals surface area contributed by atoms with Crippen LogP contribution in [0.3, 0.4) is 0 Å². The molecule has 1 aromatic carbocycles. The largest absolute Gasteiger partial charge is 0.396 e. The minimum absolute atomic E-state index is 0.0501. The van der Waals surface area contributed by atoms with E-state index in [0.717, 1.165) is 40.9 Å². The second-order valence-corrected chi connectivity index (χ2v) is 8.45. The first-order valence-electron chi connectivity index (χ1n) is 10.1. The molecule has 0 spiro atoms. The van der Waals surface area contributed by atoms with Gasteiger partial charge in [-0.15, -0.1) is 0 Å². The second kappa shape index (κ2) is 7.11. The van der Waals surface area contributed by atoms with E-state index in [1.165, 1.54) is 38.5 Å². The Hall–Kier alpha value is -1.75. The van der Waals surface area contributed by atoms with Gasteiger partial charge in [0.2, 0.25) is 0 Å². The highest BCUT2D eigenvalue weighted by Gasteiger charge is 2.40. The summed E-state index contributed by atoms with van der Waals surface area (Å²) in [4.78, 5) is 13.0. The van der Waals surface area contributed by atoms with Crippen molar-refractivity contribution >= 4 is 30.1 Å². The number of rotatable bonds is 6. The summed E-state index contributed by atoms with van der Waals surface area (Å²) in [6.07, 6.45) is 10.5. The van der Waals surface area contributed by atoms with Crippen LogP contribution in [0.1, 0.15) is 55.3 Å². The quantitative estimate of drug-likeness (QED) is 0.782. The number of hydrogen-bond donors (Lipinski definition) is 2. The predicted molar refractivity (Wildman–Crippen MR) is 108 cm³/mol. The Labute approximate surface area is 156 Å². The van der Waals surface area contributed by atoms with Crippen LogP contribution in [0.5, 0.6) is 0 Å². The topological polar surface area (TPSA) is 54.3 Å². The molecule has 0 atom stereocenters. The maximum Gasteiger partial charge on any atom is 0.253 e. The SMILES string of the molecule is Bc1cccc2c1c(C(=O)NCC13CCC(CC1)CC3)cn2CCCO. The van der Waals surface area contributed by atoms with Gasteiger partial charge in [-0.1, -0.05) is 17.6 Å². The van der Waals surface area contributed by atoms with Gasteiger partial charge in [-0.2, -0.15) is 0 Å². The van der Waals surface area contributed by atoms with Gasteiger partial charge in [0.1, 0.15) is 7.85 Å². The average Bonchev–Trinajstić information content (AvgIpc) is 3.06. The molecular weight excluding hydrogens is 323 g/mol. The third-order valence-electron chi connectivity index (χ3n) is 6.79. The van der Waals surface area contributed by atoms with Gasteiger partial charge in [0.25, 0.3) is 5.91 Å². The van der Waals surface area contributed by atoms with Crippen molar-refractivity contribution in [1.82, 2.24) is 9.88 Å². The normalized spacial score (nSPS) is 24.9. The smallest absolute Gasteiger partial charge is 0.253 e. The van der Waals surface area contributed by atoms with Crippen molar-refractivity contribution in [3.63, 3.8) is 0 Å². The number of hydrogen-bond acceptors (Lipinski definition) is 2. The van der Waals surface area contributed by atoms with Crippen LogP contribution in [-0.4, -0.2) is 36.6 Å². The molecule has 0 saturated heterocycles. The van der Waals surface area contributed by atoms with E-state index in [0.29, 0.717) is 11.8 Å². The third kappa shape index (κ3) is 3.18. The summed E-state index contributed by atoms with van der Waals surface area (Å²) in [5.74, 6) is 0.994. The van der Waals surface area contributed by atoms with Crippen LogP contribution in [0.25, 0.3) is 10.9 Å². The number of benzene rings is 1. The maximum absolute atomic E-state index is 13.0. The monoisotopic (exact) mass is 352 g/mol. The first kappa shape index (κ1) is 17.7. The predicted octanol–water partition coefficient (Wildman–Crippen LogP) is 1.98. The highest BCUT2D eigenvalue weighted by atomic mass is 16.3. The standard InChI is InChI=1S/C21H29BN2O2/c22-17-3-1-4-18-19(17)16(13-24(18)11-2-12-25)20(26)23-14-21-8-5-15(6-9-21)7-10-21/h1,3-4,13,15,25H,2,5-12,14,22H2,(H,23,26). The van der Waals surface area contributed by atoms with E-state index in [1.54, 1.807) is 0 Å². The van der Waals surface area contributed by atoms with Gasteiger partial charge in [-0.05, 0) is 62.3 Å². The highest BCUT2D eigenvalue weighted by Crippen LogP contribution is 2.49. The number of aliphatic hydroxyl groups is 1. The third-order valence-corrected chi connectivity index (χ3v) is 6.79. The molecule has 26 heavy (non-hydrogen) atoms. The van der Waals surface area contributed by atoms with Gasteiger partial charge in [-0.3, -0.25) is 4.79 Å². The summed E-state index contributed by atoms with van der Waals surface area (Å²) < 4.78 is 2.11. The lowest BCUT2D eigenvalue weighted by atomic mass is 9.61. The summed E-state index contributed by atoms with van der Waals surface area (Å²) in [7, 11) is 2.07. The van der Waals surface area contributed by atoms with Crippen LogP contribution in [0.15, 0.2) is 24.4 Å². The first-order valence-corrected chi connectivity index (χ1v) is 10.1. The molecule has 5 heteroatoms. The molecule has 3 aliphatic carbocycles. The molecular formula is C21H29BN2O2. The zero-order valence-corrected chi connectivity index (χ0v) is 15.8. The average molecular weight is 352 g/mol. The number of aliphatic hydroxyl groups excluding tert-OH is 1. The second-order valence-electron chi connectivity index (χ2n) is 8.45. The minimum atomic E-state index is 0.0501. The molecule has 2 N–H and O–H groups in total. The minimum Gasteiger partial charge on any atom is -0.396 e. The molecule has 2 bridgehead atoms. The number of nitrogens with zero attached hydrogens (tertiary/aromatic N) is 1. The molecule has 3 fully saturated rings. The van der Waals surface area contributed by atoms with E-state index >= 15 is 0 Å². The van der Waals surface area contributed by atoms with E-state index in [9.17, 15) is 4.79 Å². The van der Waals surface area contributed by atoms with Crippen molar-refractivity contribution in [2.75, 3.05) is 13.2 Å². The number of aryl methyl sites for hydroxylation is 1. The number of aromatic nitrogens is 1. The fourth-order valence-corrected chi connectivity index (χ4v) is 5.10. The molecule has 1 amide bonds. The number of carbonyl (C=O) groups is 1. The molecule has 0 aliphatic heterocycles. The summed E-state index contributed by atoms with van der Waals surface area (Å²) in [6.45, 7) is 1.71. The lowest BCUT2D eigenvalue weighted by molar-refractivity contribution is 0.0598. The zero-order valence-electron chi connectivity index (χ0n) is 15.8. The van der Waals surface area contributed by atoms with Gasteiger partial charge in [0.05, 0.1) is 5.56 Å². The molecule has 0 radical (unpaired) electrons. The molecule has 1 aromatic heterocycles. The van der Waals surface area contributed by atoms with Crippen LogP contribution < -0.4 is 10.8 Å². The van der Waals surface area contributed by atoms with Gasteiger partial charge < -0.3 is 15.0 Å². The van der Waals surface area contributed by atoms with Crippen LogP contribution in [0.2, 0.25) is 0 Å². The Bertz CT molecular complexity index is 792. The molecule has 138 valence electrons.